The van der Waals surface area contributed by atoms with Crippen molar-refractivity contribution in [3.05, 3.63) is 35.4 Å². The van der Waals surface area contributed by atoms with Crippen LogP contribution in [0.1, 0.15) is 63.0 Å². The van der Waals surface area contributed by atoms with E-state index >= 15 is 0 Å². The van der Waals surface area contributed by atoms with Crippen molar-refractivity contribution >= 4 is 0 Å². The number of nitriles is 1. The Bertz CT molecular complexity index is 345. The molecule has 2 atom stereocenters. The van der Waals surface area contributed by atoms with E-state index in [4.69, 9.17) is 5.26 Å². The summed E-state index contributed by atoms with van der Waals surface area (Å²) in [6, 6.07) is 11.0. The van der Waals surface area contributed by atoms with E-state index in [0.717, 1.165) is 24.8 Å². The number of nitrogens with zero attached hydrogens (tertiary/aromatic N) is 1. The molecule has 0 saturated carbocycles. The van der Waals surface area contributed by atoms with E-state index in [1.165, 1.54) is 5.56 Å². The minimum absolute atomic E-state index is 0.0657. The molecule has 1 heteroatoms. The molecular formula is C15H21N. The molecule has 0 bridgehead atoms. The first-order valence-corrected chi connectivity index (χ1v) is 6.22. The number of hydrogen-bond donors (Lipinski definition) is 0. The standard InChI is InChI=1S/C15H21N/c1-4-6-15(11-16)14-9-7-13(8-10-14)12(3)5-2/h7-10,12,15H,4-6H2,1-3H3. The fourth-order valence-corrected chi connectivity index (χ4v) is 1.89. The molecule has 1 nitrogen and oxygen atoms in total. The molecule has 0 fully saturated rings. The predicted molar refractivity (Wildman–Crippen MR) is 68.4 cm³/mol. The van der Waals surface area contributed by atoms with E-state index in [2.05, 4.69) is 51.1 Å². The predicted octanol–water partition coefficient (Wildman–Crippen LogP) is 4.61. The van der Waals surface area contributed by atoms with Gasteiger partial charge in [0.25, 0.3) is 0 Å². The first-order chi connectivity index (χ1) is 7.72. The van der Waals surface area contributed by atoms with Gasteiger partial charge in [0.2, 0.25) is 0 Å². The lowest BCUT2D eigenvalue weighted by Gasteiger charge is -2.12. The third-order valence-corrected chi connectivity index (χ3v) is 3.25. The topological polar surface area (TPSA) is 23.8 Å². The van der Waals surface area contributed by atoms with Crippen molar-refractivity contribution in [2.45, 2.75) is 51.9 Å². The van der Waals surface area contributed by atoms with Crippen LogP contribution >= 0.6 is 0 Å². The van der Waals surface area contributed by atoms with Crippen LogP contribution in [0.15, 0.2) is 24.3 Å². The van der Waals surface area contributed by atoms with E-state index in [1.807, 2.05) is 0 Å². The van der Waals surface area contributed by atoms with Crippen LogP contribution in [0.5, 0.6) is 0 Å². The molecule has 0 saturated heterocycles. The Kier molecular flexibility index (Phi) is 5.05. The lowest BCUT2D eigenvalue weighted by Crippen LogP contribution is -1.97. The first-order valence-electron chi connectivity index (χ1n) is 6.22. The van der Waals surface area contributed by atoms with Crippen molar-refractivity contribution in [3.8, 4) is 6.07 Å². The Morgan fingerprint density at radius 3 is 2.12 bits per heavy atom. The molecule has 1 aromatic carbocycles. The van der Waals surface area contributed by atoms with Gasteiger partial charge in [0.1, 0.15) is 0 Å². The van der Waals surface area contributed by atoms with Crippen LogP contribution in [0, 0.1) is 11.3 Å². The summed E-state index contributed by atoms with van der Waals surface area (Å²) >= 11 is 0. The van der Waals surface area contributed by atoms with Gasteiger partial charge in [-0.3, -0.25) is 0 Å². The molecule has 86 valence electrons. The fourth-order valence-electron chi connectivity index (χ4n) is 1.89. The second-order valence-electron chi connectivity index (χ2n) is 4.45. The zero-order valence-electron chi connectivity index (χ0n) is 10.5. The van der Waals surface area contributed by atoms with E-state index in [9.17, 15) is 0 Å². The number of benzene rings is 1. The summed E-state index contributed by atoms with van der Waals surface area (Å²) in [5, 5.41) is 9.09. The van der Waals surface area contributed by atoms with Gasteiger partial charge >= 0.3 is 0 Å². The van der Waals surface area contributed by atoms with Crippen LogP contribution in [0.25, 0.3) is 0 Å². The highest BCUT2D eigenvalue weighted by atomic mass is 14.3. The van der Waals surface area contributed by atoms with Crippen LogP contribution in [-0.4, -0.2) is 0 Å². The van der Waals surface area contributed by atoms with Crippen LogP contribution in [0.2, 0.25) is 0 Å². The van der Waals surface area contributed by atoms with Crippen LogP contribution in [-0.2, 0) is 0 Å². The van der Waals surface area contributed by atoms with Crippen molar-refractivity contribution in [2.24, 2.45) is 0 Å². The smallest absolute Gasteiger partial charge is 0.0712 e. The van der Waals surface area contributed by atoms with Crippen molar-refractivity contribution in [3.63, 3.8) is 0 Å². The van der Waals surface area contributed by atoms with Crippen LogP contribution in [0.3, 0.4) is 0 Å². The Labute approximate surface area is 99.1 Å². The number of hydrogen-bond acceptors (Lipinski definition) is 1. The van der Waals surface area contributed by atoms with E-state index in [1.54, 1.807) is 0 Å². The van der Waals surface area contributed by atoms with Crippen LogP contribution < -0.4 is 0 Å². The quantitative estimate of drug-likeness (QED) is 0.703. The average molecular weight is 215 g/mol. The minimum atomic E-state index is 0.0657. The summed E-state index contributed by atoms with van der Waals surface area (Å²) < 4.78 is 0. The maximum absolute atomic E-state index is 9.09. The molecule has 0 aliphatic carbocycles. The summed E-state index contributed by atoms with van der Waals surface area (Å²) in [5.41, 5.74) is 2.54. The van der Waals surface area contributed by atoms with Gasteiger partial charge in [-0.05, 0) is 29.9 Å². The molecular weight excluding hydrogens is 194 g/mol. The molecule has 0 aromatic heterocycles. The highest BCUT2D eigenvalue weighted by Gasteiger charge is 2.10. The Hall–Kier alpha value is -1.29. The zero-order chi connectivity index (χ0) is 12.0. The second kappa shape index (κ2) is 6.33. The third-order valence-electron chi connectivity index (χ3n) is 3.25. The second-order valence-corrected chi connectivity index (χ2v) is 4.45. The van der Waals surface area contributed by atoms with Crippen LogP contribution in [0.4, 0.5) is 0 Å². The molecule has 16 heavy (non-hydrogen) atoms. The van der Waals surface area contributed by atoms with Gasteiger partial charge in [-0.15, -0.1) is 0 Å². The van der Waals surface area contributed by atoms with Crippen molar-refractivity contribution < 1.29 is 0 Å². The monoisotopic (exact) mass is 215 g/mol. The normalized spacial score (nSPS) is 14.1. The maximum atomic E-state index is 9.09. The highest BCUT2D eigenvalue weighted by molar-refractivity contribution is 5.30. The highest BCUT2D eigenvalue weighted by Crippen LogP contribution is 2.24. The number of rotatable bonds is 5. The largest absolute Gasteiger partial charge is 0.198 e. The summed E-state index contributed by atoms with van der Waals surface area (Å²) in [4.78, 5) is 0. The molecule has 0 aliphatic heterocycles. The van der Waals surface area contributed by atoms with E-state index < -0.39 is 0 Å². The third kappa shape index (κ3) is 3.10. The first kappa shape index (κ1) is 12.8. The minimum Gasteiger partial charge on any atom is -0.198 e. The van der Waals surface area contributed by atoms with Crippen molar-refractivity contribution in [1.29, 1.82) is 5.26 Å². The van der Waals surface area contributed by atoms with E-state index in [0.29, 0.717) is 5.92 Å². The summed E-state index contributed by atoms with van der Waals surface area (Å²) in [7, 11) is 0. The van der Waals surface area contributed by atoms with Gasteiger partial charge in [0.05, 0.1) is 12.0 Å². The zero-order valence-corrected chi connectivity index (χ0v) is 10.5. The molecule has 0 radical (unpaired) electrons. The van der Waals surface area contributed by atoms with Gasteiger partial charge in [-0.2, -0.15) is 5.26 Å². The molecule has 0 spiro atoms. The summed E-state index contributed by atoms with van der Waals surface area (Å²) in [6.45, 7) is 6.56. The molecule has 1 rings (SSSR count). The molecule has 1 aromatic rings. The van der Waals surface area contributed by atoms with E-state index in [-0.39, 0.29) is 5.92 Å². The molecule has 0 heterocycles. The lowest BCUT2D eigenvalue weighted by atomic mass is 9.92. The molecule has 0 amide bonds. The van der Waals surface area contributed by atoms with Gasteiger partial charge in [0.15, 0.2) is 0 Å². The SMILES string of the molecule is CCCC(C#N)c1ccc(C(C)CC)cc1. The van der Waals surface area contributed by atoms with Crippen molar-refractivity contribution in [1.82, 2.24) is 0 Å². The van der Waals surface area contributed by atoms with Crippen molar-refractivity contribution in [2.75, 3.05) is 0 Å². The molecule has 0 N–H and O–H groups in total. The summed E-state index contributed by atoms with van der Waals surface area (Å²) in [5.74, 6) is 0.678. The summed E-state index contributed by atoms with van der Waals surface area (Å²) in [6.07, 6.45) is 3.18. The van der Waals surface area contributed by atoms with Gasteiger partial charge in [-0.1, -0.05) is 51.5 Å². The average Bonchev–Trinajstić information content (AvgIpc) is 2.35. The Morgan fingerprint density at radius 2 is 1.69 bits per heavy atom. The fraction of sp³-hybridized carbons (Fsp3) is 0.533. The van der Waals surface area contributed by atoms with Gasteiger partial charge in [0, 0.05) is 0 Å². The molecule has 2 unspecified atom stereocenters. The maximum Gasteiger partial charge on any atom is 0.0712 e. The lowest BCUT2D eigenvalue weighted by molar-refractivity contribution is 0.718. The van der Waals surface area contributed by atoms with Gasteiger partial charge in [-0.25, -0.2) is 0 Å². The molecule has 0 aliphatic rings. The van der Waals surface area contributed by atoms with Gasteiger partial charge < -0.3 is 0 Å². The Balaban J connectivity index is 2.81. The Morgan fingerprint density at radius 1 is 1.12 bits per heavy atom.